The predicted molar refractivity (Wildman–Crippen MR) is 124 cm³/mol. The quantitative estimate of drug-likeness (QED) is 0.108. The third-order valence-corrected chi connectivity index (χ3v) is 6.82. The van der Waals surface area contributed by atoms with Crippen LogP contribution in [0.5, 0.6) is 0 Å². The monoisotopic (exact) mass is 542 g/mol. The van der Waals surface area contributed by atoms with Gasteiger partial charge in [-0.25, -0.2) is 13.8 Å². The van der Waals surface area contributed by atoms with Crippen LogP contribution in [0.3, 0.4) is 0 Å². The van der Waals surface area contributed by atoms with Crippen molar-refractivity contribution in [2.24, 2.45) is 5.92 Å². The second-order valence-electron chi connectivity index (χ2n) is 7.68. The van der Waals surface area contributed by atoms with Crippen LogP contribution in [-0.2, 0) is 45.0 Å². The van der Waals surface area contributed by atoms with Crippen LogP contribution in [0.4, 0.5) is 5.69 Å². The normalized spacial score (nSPS) is 20.2. The lowest BCUT2D eigenvalue weighted by Crippen LogP contribution is -2.62. The number of nitro groups is 1. The maximum Gasteiger partial charge on any atom is 0.397 e. The van der Waals surface area contributed by atoms with Crippen LogP contribution in [0.15, 0.2) is 46.4 Å². The molecule has 0 spiro atoms. The van der Waals surface area contributed by atoms with Crippen molar-refractivity contribution >= 4 is 45.7 Å². The second kappa shape index (κ2) is 11.2. The third kappa shape index (κ3) is 6.29. The smallest absolute Gasteiger partial charge is 0.397 e. The molecule has 3 rings (SSSR count). The van der Waals surface area contributed by atoms with E-state index < -0.39 is 51.2 Å². The molecule has 2 heterocycles. The summed E-state index contributed by atoms with van der Waals surface area (Å²) in [6.07, 6.45) is 0.112. The summed E-state index contributed by atoms with van der Waals surface area (Å²) in [5.74, 6) is -2.99. The fourth-order valence-corrected chi connectivity index (χ4v) is 5.26. The number of carbonyl (C=O) groups excluding carboxylic acids is 3. The van der Waals surface area contributed by atoms with Crippen LogP contribution in [0.1, 0.15) is 25.8 Å². The first-order valence-corrected chi connectivity index (χ1v) is 12.8. The van der Waals surface area contributed by atoms with E-state index in [9.17, 15) is 32.9 Å². The first kappa shape index (κ1) is 27.3. The molecule has 0 aliphatic carbocycles. The van der Waals surface area contributed by atoms with Crippen molar-refractivity contribution in [3.8, 4) is 0 Å². The number of nitrogens with zero attached hydrogens (tertiary/aromatic N) is 2. The highest BCUT2D eigenvalue weighted by molar-refractivity contribution is 8.05. The number of thioether (sulfide) groups is 1. The van der Waals surface area contributed by atoms with Crippen molar-refractivity contribution in [3.05, 3.63) is 62.0 Å². The molecule has 13 nitrogen and oxygen atoms in total. The molecule has 1 fully saturated rings. The van der Waals surface area contributed by atoms with Gasteiger partial charge >= 0.3 is 22.3 Å². The fourth-order valence-electron chi connectivity index (χ4n) is 3.86. The molecule has 36 heavy (non-hydrogen) atoms. The van der Waals surface area contributed by atoms with E-state index in [4.69, 9.17) is 14.0 Å². The lowest BCUT2D eigenvalue weighted by atomic mass is 9.83. The van der Waals surface area contributed by atoms with Gasteiger partial charge in [0.1, 0.15) is 12.3 Å². The number of hydrogen-bond donors (Lipinski definition) is 1. The van der Waals surface area contributed by atoms with Crippen LogP contribution in [0, 0.1) is 16.0 Å². The summed E-state index contributed by atoms with van der Waals surface area (Å²) in [4.78, 5) is 49.2. The van der Waals surface area contributed by atoms with E-state index >= 15 is 0 Å². The Morgan fingerprint density at radius 3 is 2.56 bits per heavy atom. The molecule has 1 amide bonds. The van der Waals surface area contributed by atoms with Crippen molar-refractivity contribution in [2.45, 2.75) is 39.0 Å². The Morgan fingerprint density at radius 2 is 1.97 bits per heavy atom. The topological polar surface area (TPSA) is 180 Å². The van der Waals surface area contributed by atoms with E-state index in [1.165, 1.54) is 41.5 Å². The molecule has 0 bridgehead atoms. The minimum atomic E-state index is -4.80. The molecule has 15 heteroatoms. The van der Waals surface area contributed by atoms with E-state index in [0.717, 1.165) is 17.8 Å². The number of carbonyl (C=O) groups is 3. The Morgan fingerprint density at radius 1 is 1.31 bits per heavy atom. The van der Waals surface area contributed by atoms with Gasteiger partial charge in [-0.2, -0.15) is 8.42 Å². The number of rotatable bonds is 11. The number of non-ortho nitro benzene ring substituents is 1. The van der Waals surface area contributed by atoms with Crippen molar-refractivity contribution in [3.63, 3.8) is 0 Å². The van der Waals surface area contributed by atoms with Gasteiger partial charge in [-0.3, -0.25) is 19.5 Å². The Hall–Kier alpha value is -3.27. The zero-order valence-corrected chi connectivity index (χ0v) is 20.7. The van der Waals surface area contributed by atoms with Gasteiger partial charge in [-0.15, -0.1) is 0 Å². The Kier molecular flexibility index (Phi) is 8.50. The molecule has 1 N–H and O–H groups in total. The fraction of sp³-hybridized carbons (Fsp3) is 0.381. The van der Waals surface area contributed by atoms with Gasteiger partial charge in [0.05, 0.1) is 29.6 Å². The van der Waals surface area contributed by atoms with E-state index in [1.807, 2.05) is 0 Å². The number of β-lactam (4-membered cyclic amide) rings is 1. The van der Waals surface area contributed by atoms with Crippen LogP contribution in [0.2, 0.25) is 0 Å². The summed E-state index contributed by atoms with van der Waals surface area (Å²) in [6, 6.07) is 4.74. The molecule has 2 aliphatic rings. The average Bonchev–Trinajstić information content (AvgIpc) is 3.11. The summed E-state index contributed by atoms with van der Waals surface area (Å²) in [7, 11) is -4.80. The first-order valence-electron chi connectivity index (χ1n) is 10.5. The van der Waals surface area contributed by atoms with Gasteiger partial charge in [-0.1, -0.05) is 11.8 Å². The average molecular weight is 543 g/mol. The van der Waals surface area contributed by atoms with E-state index in [0.29, 0.717) is 10.5 Å². The maximum absolute atomic E-state index is 13.0. The van der Waals surface area contributed by atoms with Crippen molar-refractivity contribution in [1.82, 2.24) is 4.90 Å². The SMILES string of the molecule is CCOC(=O)/C=C\SC1=C(C(=O)OCc2ccc([N+](=O)[O-])cc2)N2C(=O)[C@@H]([C@H](C)OS(=O)(=O)O)[C@H]2C1. The molecule has 1 aromatic carbocycles. The van der Waals surface area contributed by atoms with Gasteiger partial charge in [0.2, 0.25) is 5.91 Å². The number of amides is 1. The van der Waals surface area contributed by atoms with Crippen LogP contribution in [0.25, 0.3) is 0 Å². The van der Waals surface area contributed by atoms with Gasteiger partial charge in [0.25, 0.3) is 5.69 Å². The van der Waals surface area contributed by atoms with Crippen LogP contribution >= 0.6 is 11.8 Å². The van der Waals surface area contributed by atoms with E-state index in [-0.39, 0.29) is 31.0 Å². The lowest BCUT2D eigenvalue weighted by Gasteiger charge is -2.45. The number of benzene rings is 1. The van der Waals surface area contributed by atoms with Crippen LogP contribution in [-0.4, -0.2) is 59.4 Å². The Labute approximate surface area is 210 Å². The summed E-state index contributed by atoms with van der Waals surface area (Å²) >= 11 is 0.998. The highest BCUT2D eigenvalue weighted by Crippen LogP contribution is 2.48. The lowest BCUT2D eigenvalue weighted by molar-refractivity contribution is -0.384. The van der Waals surface area contributed by atoms with Gasteiger partial charge in [-0.05, 0) is 37.0 Å². The van der Waals surface area contributed by atoms with Crippen molar-refractivity contribution in [2.75, 3.05) is 6.61 Å². The predicted octanol–water partition coefficient (Wildman–Crippen LogP) is 2.10. The largest absolute Gasteiger partial charge is 0.463 e. The minimum Gasteiger partial charge on any atom is -0.463 e. The molecule has 1 saturated heterocycles. The number of ether oxygens (including phenoxy) is 2. The van der Waals surface area contributed by atoms with E-state index in [2.05, 4.69) is 4.18 Å². The zero-order valence-electron chi connectivity index (χ0n) is 19.1. The van der Waals surface area contributed by atoms with Crippen molar-refractivity contribution < 1.29 is 45.9 Å². The number of esters is 2. The number of hydrogen-bond acceptors (Lipinski definition) is 11. The number of fused-ring (bicyclic) bond motifs is 1. The molecular weight excluding hydrogens is 520 g/mol. The van der Waals surface area contributed by atoms with Crippen molar-refractivity contribution in [1.29, 1.82) is 0 Å². The van der Waals surface area contributed by atoms with Gasteiger partial charge < -0.3 is 14.4 Å². The molecule has 0 unspecified atom stereocenters. The molecular formula is C21H22N2O11S2. The summed E-state index contributed by atoms with van der Waals surface area (Å²) in [5, 5.41) is 12.2. The zero-order chi connectivity index (χ0) is 26.6. The minimum absolute atomic E-state index is 0.0688. The second-order valence-corrected chi connectivity index (χ2v) is 9.73. The highest BCUT2D eigenvalue weighted by Gasteiger charge is 2.58. The molecule has 1 aromatic rings. The summed E-state index contributed by atoms with van der Waals surface area (Å²) in [5.41, 5.74) is 0.279. The highest BCUT2D eigenvalue weighted by atomic mass is 32.3. The molecule has 194 valence electrons. The Bertz CT molecular complexity index is 1220. The molecule has 2 aliphatic heterocycles. The molecule has 0 saturated carbocycles. The molecule has 3 atom stereocenters. The van der Waals surface area contributed by atoms with Gasteiger partial charge in [0.15, 0.2) is 0 Å². The van der Waals surface area contributed by atoms with Gasteiger partial charge in [0, 0.05) is 29.5 Å². The first-order chi connectivity index (χ1) is 16.9. The molecule has 0 aromatic heterocycles. The summed E-state index contributed by atoms with van der Waals surface area (Å²) < 4.78 is 45.8. The summed E-state index contributed by atoms with van der Waals surface area (Å²) in [6.45, 7) is 2.90. The number of nitro benzene ring substituents is 1. The Balaban J connectivity index is 1.78. The van der Waals surface area contributed by atoms with Crippen LogP contribution < -0.4 is 0 Å². The maximum atomic E-state index is 13.0. The van der Waals surface area contributed by atoms with E-state index in [1.54, 1.807) is 6.92 Å². The molecule has 0 radical (unpaired) electrons. The third-order valence-electron chi connectivity index (χ3n) is 5.36. The standard InChI is InChI=1S/C21H22N2O11S2/c1-3-32-17(24)8-9-35-16-10-15-18(12(2)34-36(29,30)31)20(25)22(15)19(16)21(26)33-11-13-4-6-14(7-5-13)23(27)28/h4-9,12,15,18H,3,10-11H2,1-2H3,(H,29,30,31)/b9-8-/t12-,15+,18-/m0/s1.